The second kappa shape index (κ2) is 5.00. The van der Waals surface area contributed by atoms with Crippen molar-refractivity contribution in [3.05, 3.63) is 29.8 Å². The van der Waals surface area contributed by atoms with Gasteiger partial charge in [0.05, 0.1) is 5.56 Å². The third kappa shape index (κ3) is 3.03. The van der Waals surface area contributed by atoms with Gasteiger partial charge < -0.3 is 5.32 Å². The molecule has 0 saturated heterocycles. The predicted molar refractivity (Wildman–Crippen MR) is 62.0 cm³/mol. The van der Waals surface area contributed by atoms with Crippen molar-refractivity contribution in [3.8, 4) is 0 Å². The Labute approximate surface area is 103 Å². The van der Waals surface area contributed by atoms with E-state index in [1.165, 1.54) is 12.1 Å². The van der Waals surface area contributed by atoms with E-state index in [9.17, 15) is 18.0 Å². The molecule has 1 aliphatic carbocycles. The topological polar surface area (TPSA) is 29.1 Å². The fraction of sp³-hybridized carbons (Fsp3) is 0.462. The Morgan fingerprint density at radius 1 is 1.11 bits per heavy atom. The quantitative estimate of drug-likeness (QED) is 0.857. The summed E-state index contributed by atoms with van der Waals surface area (Å²) in [6.07, 6.45) is -0.511. The number of hydrogen-bond acceptors (Lipinski definition) is 1. The standard InChI is InChI=1S/C13H14F3NO/c14-13(15,16)10-5-7-11(8-6-10)17-12(18)9-3-1-2-4-9/h5-9H,1-4H2,(H,17,18). The number of amides is 1. The maximum absolute atomic E-state index is 12.3. The molecule has 1 amide bonds. The van der Waals surface area contributed by atoms with Gasteiger partial charge in [-0.3, -0.25) is 4.79 Å². The highest BCUT2D eigenvalue weighted by atomic mass is 19.4. The third-order valence-corrected chi connectivity index (χ3v) is 3.21. The Hall–Kier alpha value is -1.52. The summed E-state index contributed by atoms with van der Waals surface area (Å²) in [5.41, 5.74) is -0.290. The Kier molecular flexibility index (Phi) is 3.59. The lowest BCUT2D eigenvalue weighted by Gasteiger charge is -2.11. The van der Waals surface area contributed by atoms with Crippen LogP contribution in [0.4, 0.5) is 18.9 Å². The predicted octanol–water partition coefficient (Wildman–Crippen LogP) is 3.83. The molecular formula is C13H14F3NO. The van der Waals surface area contributed by atoms with Gasteiger partial charge in [-0.1, -0.05) is 12.8 Å². The number of carbonyl (C=O) groups excluding carboxylic acids is 1. The van der Waals surface area contributed by atoms with Crippen LogP contribution in [0.15, 0.2) is 24.3 Å². The average Bonchev–Trinajstić information content (AvgIpc) is 2.82. The van der Waals surface area contributed by atoms with Gasteiger partial charge >= 0.3 is 6.18 Å². The molecule has 0 aliphatic heterocycles. The third-order valence-electron chi connectivity index (χ3n) is 3.21. The van der Waals surface area contributed by atoms with Crippen LogP contribution >= 0.6 is 0 Å². The van der Waals surface area contributed by atoms with Crippen LogP contribution in [0.1, 0.15) is 31.2 Å². The minimum absolute atomic E-state index is 0.00675. The van der Waals surface area contributed by atoms with Crippen LogP contribution < -0.4 is 5.32 Å². The summed E-state index contributed by atoms with van der Waals surface area (Å²) < 4.78 is 37.0. The number of hydrogen-bond donors (Lipinski definition) is 1. The average molecular weight is 257 g/mol. The largest absolute Gasteiger partial charge is 0.416 e. The molecule has 18 heavy (non-hydrogen) atoms. The van der Waals surface area contributed by atoms with Crippen molar-refractivity contribution in [1.82, 2.24) is 0 Å². The number of nitrogens with one attached hydrogen (secondary N) is 1. The van der Waals surface area contributed by atoms with Crippen LogP contribution in [0.5, 0.6) is 0 Å². The first-order valence-electron chi connectivity index (χ1n) is 5.95. The van der Waals surface area contributed by atoms with Gasteiger partial charge in [0.25, 0.3) is 0 Å². The number of halogens is 3. The summed E-state index contributed by atoms with van der Waals surface area (Å²) in [6.45, 7) is 0. The fourth-order valence-electron chi connectivity index (χ4n) is 2.17. The zero-order valence-corrected chi connectivity index (χ0v) is 9.76. The van der Waals surface area contributed by atoms with Crippen LogP contribution in [0.25, 0.3) is 0 Å². The van der Waals surface area contributed by atoms with Crippen LogP contribution in [0, 0.1) is 5.92 Å². The van der Waals surface area contributed by atoms with Crippen molar-refractivity contribution in [2.24, 2.45) is 5.92 Å². The van der Waals surface area contributed by atoms with Crippen molar-refractivity contribution in [2.75, 3.05) is 5.32 Å². The van der Waals surface area contributed by atoms with E-state index in [4.69, 9.17) is 0 Å². The SMILES string of the molecule is O=C(Nc1ccc(C(F)(F)F)cc1)C1CCCC1. The van der Waals surface area contributed by atoms with E-state index < -0.39 is 11.7 Å². The first-order chi connectivity index (χ1) is 8.47. The van der Waals surface area contributed by atoms with Gasteiger partial charge in [0.2, 0.25) is 5.91 Å². The zero-order chi connectivity index (χ0) is 13.2. The number of alkyl halides is 3. The normalized spacial score (nSPS) is 16.8. The van der Waals surface area contributed by atoms with Gasteiger partial charge in [-0.2, -0.15) is 13.2 Å². The number of anilines is 1. The molecule has 0 heterocycles. The van der Waals surface area contributed by atoms with Crippen molar-refractivity contribution >= 4 is 11.6 Å². The molecule has 1 N–H and O–H groups in total. The lowest BCUT2D eigenvalue weighted by atomic mass is 10.1. The summed E-state index contributed by atoms with van der Waals surface area (Å²) >= 11 is 0. The first-order valence-corrected chi connectivity index (χ1v) is 5.95. The van der Waals surface area contributed by atoms with E-state index in [0.717, 1.165) is 37.8 Å². The van der Waals surface area contributed by atoms with Crippen molar-refractivity contribution in [1.29, 1.82) is 0 Å². The van der Waals surface area contributed by atoms with Gasteiger partial charge in [-0.05, 0) is 37.1 Å². The van der Waals surface area contributed by atoms with Crippen LogP contribution in [-0.2, 0) is 11.0 Å². The molecule has 0 aromatic heterocycles. The highest BCUT2D eigenvalue weighted by Gasteiger charge is 2.30. The first kappa shape index (κ1) is 12.9. The summed E-state index contributed by atoms with van der Waals surface area (Å²) in [5.74, 6) is -0.0837. The number of carbonyl (C=O) groups is 1. The minimum Gasteiger partial charge on any atom is -0.326 e. The van der Waals surface area contributed by atoms with Gasteiger partial charge in [0.1, 0.15) is 0 Å². The van der Waals surface area contributed by atoms with E-state index >= 15 is 0 Å². The summed E-state index contributed by atoms with van der Waals surface area (Å²) in [5, 5.41) is 2.66. The maximum atomic E-state index is 12.3. The highest BCUT2D eigenvalue weighted by molar-refractivity contribution is 5.92. The van der Waals surface area contributed by atoms with Crippen molar-refractivity contribution in [2.45, 2.75) is 31.9 Å². The lowest BCUT2D eigenvalue weighted by Crippen LogP contribution is -2.20. The molecule has 2 nitrogen and oxygen atoms in total. The molecule has 1 aromatic rings. The second-order valence-corrected chi connectivity index (χ2v) is 4.55. The van der Waals surface area contributed by atoms with E-state index in [-0.39, 0.29) is 11.8 Å². The Morgan fingerprint density at radius 2 is 1.67 bits per heavy atom. The lowest BCUT2D eigenvalue weighted by molar-refractivity contribution is -0.137. The molecule has 2 rings (SSSR count). The molecule has 0 spiro atoms. The minimum atomic E-state index is -4.34. The molecule has 1 aliphatic rings. The molecule has 0 radical (unpaired) electrons. The molecule has 1 aromatic carbocycles. The number of rotatable bonds is 2. The second-order valence-electron chi connectivity index (χ2n) is 4.55. The molecule has 1 fully saturated rings. The van der Waals surface area contributed by atoms with Crippen LogP contribution in [0.2, 0.25) is 0 Å². The Balaban J connectivity index is 2.00. The van der Waals surface area contributed by atoms with E-state index in [1.807, 2.05) is 0 Å². The molecule has 0 atom stereocenters. The molecular weight excluding hydrogens is 243 g/mol. The smallest absolute Gasteiger partial charge is 0.326 e. The van der Waals surface area contributed by atoms with Gasteiger partial charge in [-0.25, -0.2) is 0 Å². The maximum Gasteiger partial charge on any atom is 0.416 e. The summed E-state index contributed by atoms with van der Waals surface area (Å²) in [6, 6.07) is 4.53. The molecule has 98 valence electrons. The highest BCUT2D eigenvalue weighted by Crippen LogP contribution is 2.30. The number of benzene rings is 1. The van der Waals surface area contributed by atoms with Crippen LogP contribution in [-0.4, -0.2) is 5.91 Å². The summed E-state index contributed by atoms with van der Waals surface area (Å²) in [4.78, 5) is 11.8. The van der Waals surface area contributed by atoms with Crippen LogP contribution in [0.3, 0.4) is 0 Å². The molecule has 0 unspecified atom stereocenters. The van der Waals surface area contributed by atoms with Gasteiger partial charge in [0, 0.05) is 11.6 Å². The molecule has 1 saturated carbocycles. The van der Waals surface area contributed by atoms with E-state index in [2.05, 4.69) is 5.32 Å². The van der Waals surface area contributed by atoms with E-state index in [1.54, 1.807) is 0 Å². The Morgan fingerprint density at radius 3 is 2.17 bits per heavy atom. The van der Waals surface area contributed by atoms with Crippen molar-refractivity contribution < 1.29 is 18.0 Å². The van der Waals surface area contributed by atoms with E-state index in [0.29, 0.717) is 5.69 Å². The summed E-state index contributed by atoms with van der Waals surface area (Å²) in [7, 11) is 0. The zero-order valence-electron chi connectivity index (χ0n) is 9.76. The van der Waals surface area contributed by atoms with Gasteiger partial charge in [-0.15, -0.1) is 0 Å². The fourth-order valence-corrected chi connectivity index (χ4v) is 2.17. The van der Waals surface area contributed by atoms with Gasteiger partial charge in [0.15, 0.2) is 0 Å². The molecule has 0 bridgehead atoms. The molecule has 5 heteroatoms. The Bertz CT molecular complexity index is 419. The monoisotopic (exact) mass is 257 g/mol. The van der Waals surface area contributed by atoms with Crippen molar-refractivity contribution in [3.63, 3.8) is 0 Å².